The molecule has 0 fully saturated rings. The molecule has 0 bridgehead atoms. The van der Waals surface area contributed by atoms with Gasteiger partial charge in [0.05, 0.1) is 31.3 Å². The quantitative estimate of drug-likeness (QED) is 0.0160. The third-order valence-corrected chi connectivity index (χ3v) is 10.7. The first kappa shape index (κ1) is 65.8. The molecule has 0 unspecified atom stereocenters. The van der Waals surface area contributed by atoms with Crippen LogP contribution in [0.15, 0.2) is 4.99 Å². The van der Waals surface area contributed by atoms with E-state index in [1.165, 1.54) is 13.8 Å². The summed E-state index contributed by atoms with van der Waals surface area (Å²) in [7, 11) is 0. The molecule has 0 rings (SSSR count). The predicted octanol–water partition coefficient (Wildman–Crippen LogP) is -5.56. The van der Waals surface area contributed by atoms with Crippen LogP contribution in [0.25, 0.3) is 0 Å². The molecule has 72 heavy (non-hydrogen) atoms. The van der Waals surface area contributed by atoms with E-state index in [2.05, 4.69) is 47.5 Å². The van der Waals surface area contributed by atoms with Crippen molar-refractivity contribution in [1.82, 2.24) is 42.5 Å². The van der Waals surface area contributed by atoms with E-state index in [4.69, 9.17) is 22.9 Å². The van der Waals surface area contributed by atoms with Crippen molar-refractivity contribution in [2.24, 2.45) is 45.7 Å². The minimum atomic E-state index is -2.02. The van der Waals surface area contributed by atoms with Gasteiger partial charge in [0.2, 0.25) is 47.3 Å². The number of rotatable bonds is 35. The lowest BCUT2D eigenvalue weighted by Crippen LogP contribution is -2.63. The molecule has 0 aliphatic carbocycles. The van der Waals surface area contributed by atoms with Crippen LogP contribution in [0.1, 0.15) is 107 Å². The minimum Gasteiger partial charge on any atom is -0.481 e. The van der Waals surface area contributed by atoms with Crippen molar-refractivity contribution in [2.75, 3.05) is 19.7 Å². The summed E-state index contributed by atoms with van der Waals surface area (Å²) >= 11 is 0. The van der Waals surface area contributed by atoms with Crippen molar-refractivity contribution in [1.29, 1.82) is 0 Å². The van der Waals surface area contributed by atoms with Gasteiger partial charge >= 0.3 is 11.9 Å². The number of guanidine groups is 1. The maximum Gasteiger partial charge on any atom is 0.326 e. The molecule has 0 saturated carbocycles. The summed E-state index contributed by atoms with van der Waals surface area (Å²) in [4.78, 5) is 135. The first-order valence-electron chi connectivity index (χ1n) is 23.8. The Hall–Kier alpha value is -6.23. The molecule has 0 aromatic carbocycles. The number of carbonyl (C=O) groups is 10. The molecule has 21 N–H and O–H groups in total. The zero-order chi connectivity index (χ0) is 55.6. The van der Waals surface area contributed by atoms with Crippen LogP contribution >= 0.6 is 0 Å². The van der Waals surface area contributed by atoms with Gasteiger partial charge in [0, 0.05) is 6.54 Å². The van der Waals surface area contributed by atoms with E-state index in [-0.39, 0.29) is 50.0 Å². The molecule has 412 valence electrons. The third-order valence-electron chi connectivity index (χ3n) is 10.7. The Bertz CT molecular complexity index is 1850. The molecule has 8 amide bonds. The number of carboxylic acids is 2. The number of amides is 8. The average molecular weight is 1030 g/mol. The zero-order valence-corrected chi connectivity index (χ0v) is 42.4. The van der Waals surface area contributed by atoms with Crippen LogP contribution in [0.5, 0.6) is 0 Å². The van der Waals surface area contributed by atoms with Crippen molar-refractivity contribution in [3.63, 3.8) is 0 Å². The Morgan fingerprint density at radius 2 is 0.903 bits per heavy atom. The highest BCUT2D eigenvalue weighted by Crippen LogP contribution is 2.12. The van der Waals surface area contributed by atoms with Gasteiger partial charge in [-0.1, -0.05) is 48.0 Å². The number of nitrogens with one attached hydrogen (secondary N) is 8. The molecular formula is C44H81N13O15. The second-order valence-electron chi connectivity index (χ2n) is 18.7. The summed E-state index contributed by atoms with van der Waals surface area (Å²) < 4.78 is 0. The van der Waals surface area contributed by atoms with E-state index in [1.54, 1.807) is 13.8 Å². The van der Waals surface area contributed by atoms with E-state index in [1.807, 2.05) is 13.8 Å². The van der Waals surface area contributed by atoms with E-state index in [0.29, 0.717) is 25.8 Å². The molecule has 0 spiro atoms. The van der Waals surface area contributed by atoms with Gasteiger partial charge in [0.1, 0.15) is 48.3 Å². The van der Waals surface area contributed by atoms with Crippen LogP contribution in [-0.2, 0) is 47.9 Å². The van der Waals surface area contributed by atoms with Crippen LogP contribution in [0.3, 0.4) is 0 Å². The molecule has 28 nitrogen and oxygen atoms in total. The molecule has 0 aliphatic heterocycles. The minimum absolute atomic E-state index is 0.0468. The van der Waals surface area contributed by atoms with E-state index in [0.717, 1.165) is 13.8 Å². The SMILES string of the molecule is CC(C)C[C@H](NC(=O)[C@H](CCCN=C(N)N)NC(=O)[C@H](CC(C)C)NC(=O)[C@@H](N)CCCCN)C(=O)N[C@@H](CO)C(=O)N[C@H](C(=O)N[C@@H](CC(=O)O)C(=O)N[C@H](C(=O)N[C@H](C(=O)O)C(C)C)[C@@H](C)O)[C@@H](C)O. The van der Waals surface area contributed by atoms with Crippen molar-refractivity contribution in [3.8, 4) is 0 Å². The number of carbonyl (C=O) groups excluding carboxylic acids is 8. The zero-order valence-electron chi connectivity index (χ0n) is 42.4. The second kappa shape index (κ2) is 33.4. The number of aliphatic carboxylic acids is 2. The van der Waals surface area contributed by atoms with Crippen molar-refractivity contribution >= 4 is 65.2 Å². The van der Waals surface area contributed by atoms with Gasteiger partial charge in [0.25, 0.3) is 0 Å². The molecule has 0 aliphatic rings. The van der Waals surface area contributed by atoms with Gasteiger partial charge in [-0.15, -0.1) is 0 Å². The predicted molar refractivity (Wildman–Crippen MR) is 260 cm³/mol. The van der Waals surface area contributed by atoms with Crippen LogP contribution < -0.4 is 65.5 Å². The number of nitrogens with two attached hydrogens (primary N) is 4. The Labute approximate surface area is 419 Å². The lowest BCUT2D eigenvalue weighted by Gasteiger charge is -2.29. The van der Waals surface area contributed by atoms with Crippen molar-refractivity contribution in [2.45, 2.75) is 173 Å². The lowest BCUT2D eigenvalue weighted by molar-refractivity contribution is -0.145. The van der Waals surface area contributed by atoms with Gasteiger partial charge in [-0.3, -0.25) is 48.1 Å². The number of hydrogen-bond donors (Lipinski definition) is 17. The Balaban J connectivity index is 6.49. The topological polar surface area (TPSA) is 485 Å². The maximum atomic E-state index is 14.0. The van der Waals surface area contributed by atoms with Gasteiger partial charge in [-0.2, -0.15) is 0 Å². The van der Waals surface area contributed by atoms with Crippen LogP contribution in [0.4, 0.5) is 0 Å². The molecule has 0 heterocycles. The van der Waals surface area contributed by atoms with E-state index >= 15 is 0 Å². The third kappa shape index (κ3) is 25.2. The Morgan fingerprint density at radius 3 is 1.32 bits per heavy atom. The Morgan fingerprint density at radius 1 is 0.500 bits per heavy atom. The van der Waals surface area contributed by atoms with Crippen LogP contribution in [0.2, 0.25) is 0 Å². The summed E-state index contributed by atoms with van der Waals surface area (Å²) in [6.07, 6.45) is -2.85. The number of aliphatic hydroxyl groups is 3. The second-order valence-corrected chi connectivity index (χ2v) is 18.7. The fraction of sp³-hybridized carbons (Fsp3) is 0.750. The summed E-state index contributed by atoms with van der Waals surface area (Å²) in [6, 6.07) is -14.0. The molecular weight excluding hydrogens is 951 g/mol. The summed E-state index contributed by atoms with van der Waals surface area (Å²) in [5, 5.41) is 68.7. The highest BCUT2D eigenvalue weighted by atomic mass is 16.4. The summed E-state index contributed by atoms with van der Waals surface area (Å²) in [5.74, 6) is -12.6. The number of hydrogen-bond acceptors (Lipinski definition) is 16. The van der Waals surface area contributed by atoms with E-state index < -0.39 is 145 Å². The molecule has 0 aromatic rings. The number of aliphatic hydroxyl groups excluding tert-OH is 3. The number of nitrogens with zero attached hydrogens (tertiary/aromatic N) is 1. The molecule has 0 radical (unpaired) electrons. The molecule has 0 saturated heterocycles. The first-order valence-corrected chi connectivity index (χ1v) is 23.8. The largest absolute Gasteiger partial charge is 0.481 e. The fourth-order valence-electron chi connectivity index (χ4n) is 6.83. The molecule has 11 atom stereocenters. The molecule has 28 heteroatoms. The smallest absolute Gasteiger partial charge is 0.326 e. The summed E-state index contributed by atoms with van der Waals surface area (Å²) in [5.41, 5.74) is 22.5. The lowest BCUT2D eigenvalue weighted by atomic mass is 10.00. The van der Waals surface area contributed by atoms with Crippen molar-refractivity contribution < 1.29 is 73.5 Å². The van der Waals surface area contributed by atoms with Crippen LogP contribution in [0, 0.1) is 17.8 Å². The standard InChI is InChI=1S/C44H81N13O15/c1-20(2)16-27(51-35(63)25(46)12-9-10-14-45)37(65)50-26(13-11-15-49-44(47)48)36(64)52-28(17-21(3)4)38(66)54-30(19-58)40(68)57-33(23(7)59)41(69)53-29(18-31(61)62)39(67)56-34(24(8)60)42(70)55-32(22(5)6)43(71)72/h20-30,32-34,58-60H,9-19,45-46H2,1-8H3,(H,50,65)(H,51,63)(H,52,64)(H,53,69)(H,54,66)(H,55,70)(H,56,67)(H,57,68)(H,61,62)(H,71,72)(H4,47,48,49)/t23-,24-,25+,26+,27+,28+,29+,30+,32+,33+,34+/m1/s1. The number of carboxylic acid groups (broad SMARTS) is 2. The van der Waals surface area contributed by atoms with Crippen LogP contribution in [-0.4, -0.2) is 177 Å². The average Bonchev–Trinajstić information content (AvgIpc) is 3.26. The number of aliphatic imine (C=N–C) groups is 1. The molecule has 0 aromatic heterocycles. The van der Waals surface area contributed by atoms with Gasteiger partial charge in [0.15, 0.2) is 5.96 Å². The van der Waals surface area contributed by atoms with E-state index in [9.17, 15) is 73.5 Å². The number of unbranched alkanes of at least 4 members (excludes halogenated alkanes) is 1. The highest BCUT2D eigenvalue weighted by Gasteiger charge is 2.38. The van der Waals surface area contributed by atoms with Gasteiger partial charge in [-0.05, 0) is 76.7 Å². The van der Waals surface area contributed by atoms with Crippen molar-refractivity contribution in [3.05, 3.63) is 0 Å². The first-order chi connectivity index (χ1) is 33.5. The fourth-order valence-corrected chi connectivity index (χ4v) is 6.83. The Kier molecular flexibility index (Phi) is 30.5. The normalized spacial score (nSPS) is 15.9. The van der Waals surface area contributed by atoms with Gasteiger partial charge in [-0.25, -0.2) is 4.79 Å². The van der Waals surface area contributed by atoms with Gasteiger partial charge < -0.3 is 91.0 Å². The monoisotopic (exact) mass is 1030 g/mol. The highest BCUT2D eigenvalue weighted by molar-refractivity contribution is 5.99. The summed E-state index contributed by atoms with van der Waals surface area (Å²) in [6.45, 7) is 11.5. The maximum absolute atomic E-state index is 14.0.